The number of benzene rings is 2. The average molecular weight is 333 g/mol. The van der Waals surface area contributed by atoms with Gasteiger partial charge in [-0.25, -0.2) is 0 Å². The maximum Gasteiger partial charge on any atom is 0.224 e. The van der Waals surface area contributed by atoms with E-state index >= 15 is 0 Å². The van der Waals surface area contributed by atoms with E-state index in [4.69, 9.17) is 5.73 Å². The van der Waals surface area contributed by atoms with E-state index in [1.165, 1.54) is 11.1 Å². The largest absolute Gasteiger partial charge is 0.399 e. The molecule has 2 aromatic carbocycles. The number of rotatable bonds is 4. The number of carbonyl (C=O) groups is 1. The minimum Gasteiger partial charge on any atom is -0.399 e. The second-order valence-electron chi connectivity index (χ2n) is 4.77. The first-order chi connectivity index (χ1) is 9.54. The van der Waals surface area contributed by atoms with E-state index in [1.807, 2.05) is 0 Å². The summed E-state index contributed by atoms with van der Waals surface area (Å²) in [6.07, 6.45) is 1.19. The molecule has 104 valence electrons. The van der Waals surface area contributed by atoms with Crippen LogP contribution in [0.15, 0.2) is 46.9 Å². The lowest BCUT2D eigenvalue weighted by molar-refractivity contribution is -0.116. The zero-order chi connectivity index (χ0) is 14.5. The Bertz CT molecular complexity index is 608. The van der Waals surface area contributed by atoms with Crippen molar-refractivity contribution in [1.82, 2.24) is 0 Å². The first-order valence-corrected chi connectivity index (χ1v) is 7.24. The summed E-state index contributed by atoms with van der Waals surface area (Å²) in [6.45, 7) is 2.05. The van der Waals surface area contributed by atoms with Gasteiger partial charge in [-0.15, -0.1) is 0 Å². The second-order valence-corrected chi connectivity index (χ2v) is 5.63. The van der Waals surface area contributed by atoms with Gasteiger partial charge < -0.3 is 11.1 Å². The van der Waals surface area contributed by atoms with E-state index in [0.717, 1.165) is 16.6 Å². The molecule has 0 fully saturated rings. The number of nitrogen functional groups attached to an aromatic ring is 1. The standard InChI is InChI=1S/C16H17BrN2O/c1-11-2-4-12(5-3-11)6-9-16(20)19-15-8-7-13(18)10-14(15)17/h2-5,7-8,10H,6,9,18H2,1H3,(H,19,20). The Morgan fingerprint density at radius 3 is 2.55 bits per heavy atom. The quantitative estimate of drug-likeness (QED) is 0.834. The summed E-state index contributed by atoms with van der Waals surface area (Å²) in [4.78, 5) is 11.9. The smallest absolute Gasteiger partial charge is 0.224 e. The predicted molar refractivity (Wildman–Crippen MR) is 86.7 cm³/mol. The van der Waals surface area contributed by atoms with Crippen LogP contribution in [-0.2, 0) is 11.2 Å². The van der Waals surface area contributed by atoms with Crippen molar-refractivity contribution >= 4 is 33.2 Å². The highest BCUT2D eigenvalue weighted by Crippen LogP contribution is 2.24. The number of carbonyl (C=O) groups excluding carboxylic acids is 1. The van der Waals surface area contributed by atoms with Crippen LogP contribution in [0.4, 0.5) is 11.4 Å². The highest BCUT2D eigenvalue weighted by Gasteiger charge is 2.06. The third-order valence-corrected chi connectivity index (χ3v) is 3.68. The summed E-state index contributed by atoms with van der Waals surface area (Å²) in [5.74, 6) is -0.00366. The Labute approximate surface area is 127 Å². The van der Waals surface area contributed by atoms with E-state index in [-0.39, 0.29) is 5.91 Å². The van der Waals surface area contributed by atoms with Gasteiger partial charge >= 0.3 is 0 Å². The van der Waals surface area contributed by atoms with Gasteiger partial charge in [0.25, 0.3) is 0 Å². The zero-order valence-corrected chi connectivity index (χ0v) is 12.9. The molecular formula is C16H17BrN2O. The van der Waals surface area contributed by atoms with Gasteiger partial charge in [-0.3, -0.25) is 4.79 Å². The fraction of sp³-hybridized carbons (Fsp3) is 0.188. The van der Waals surface area contributed by atoms with Gasteiger partial charge in [0.05, 0.1) is 5.69 Å². The third-order valence-electron chi connectivity index (χ3n) is 3.03. The average Bonchev–Trinajstić information content (AvgIpc) is 2.41. The van der Waals surface area contributed by atoms with Gasteiger partial charge in [0, 0.05) is 16.6 Å². The van der Waals surface area contributed by atoms with Crippen molar-refractivity contribution in [3.05, 3.63) is 58.1 Å². The van der Waals surface area contributed by atoms with Gasteiger partial charge in [-0.05, 0) is 53.0 Å². The van der Waals surface area contributed by atoms with Crippen LogP contribution in [0.2, 0.25) is 0 Å². The number of nitrogens with one attached hydrogen (secondary N) is 1. The van der Waals surface area contributed by atoms with Gasteiger partial charge in [0.2, 0.25) is 5.91 Å². The van der Waals surface area contributed by atoms with Crippen LogP contribution >= 0.6 is 15.9 Å². The van der Waals surface area contributed by atoms with Gasteiger partial charge in [-0.1, -0.05) is 29.8 Å². The van der Waals surface area contributed by atoms with Crippen LogP contribution in [-0.4, -0.2) is 5.91 Å². The summed E-state index contributed by atoms with van der Waals surface area (Å²) < 4.78 is 0.793. The van der Waals surface area contributed by atoms with Crippen molar-refractivity contribution in [3.63, 3.8) is 0 Å². The minimum absolute atomic E-state index is 0.00366. The summed E-state index contributed by atoms with van der Waals surface area (Å²) in [7, 11) is 0. The van der Waals surface area contributed by atoms with Crippen molar-refractivity contribution in [2.24, 2.45) is 0 Å². The molecule has 3 nitrogen and oxygen atoms in total. The topological polar surface area (TPSA) is 55.1 Å². The van der Waals surface area contributed by atoms with Crippen molar-refractivity contribution in [1.29, 1.82) is 0 Å². The molecule has 20 heavy (non-hydrogen) atoms. The molecule has 0 saturated carbocycles. The zero-order valence-electron chi connectivity index (χ0n) is 11.3. The van der Waals surface area contributed by atoms with Gasteiger partial charge in [0.1, 0.15) is 0 Å². The van der Waals surface area contributed by atoms with Crippen LogP contribution in [0, 0.1) is 6.92 Å². The molecule has 0 spiro atoms. The molecule has 0 aliphatic rings. The number of hydrogen-bond acceptors (Lipinski definition) is 2. The normalized spacial score (nSPS) is 10.3. The lowest BCUT2D eigenvalue weighted by atomic mass is 10.1. The van der Waals surface area contributed by atoms with Crippen LogP contribution in [0.1, 0.15) is 17.5 Å². The number of nitrogens with two attached hydrogens (primary N) is 1. The fourth-order valence-electron chi connectivity index (χ4n) is 1.86. The Kier molecular flexibility index (Phi) is 4.79. The molecule has 0 atom stereocenters. The molecule has 0 unspecified atom stereocenters. The fourth-order valence-corrected chi connectivity index (χ4v) is 2.35. The summed E-state index contributed by atoms with van der Waals surface area (Å²) in [5, 5.41) is 2.88. The van der Waals surface area contributed by atoms with E-state index in [1.54, 1.807) is 18.2 Å². The highest BCUT2D eigenvalue weighted by atomic mass is 79.9. The minimum atomic E-state index is -0.00366. The van der Waals surface area contributed by atoms with E-state index in [0.29, 0.717) is 12.1 Å². The number of anilines is 2. The monoisotopic (exact) mass is 332 g/mol. The van der Waals surface area contributed by atoms with Crippen LogP contribution in [0.3, 0.4) is 0 Å². The van der Waals surface area contributed by atoms with Gasteiger partial charge in [0.15, 0.2) is 0 Å². The molecule has 3 N–H and O–H groups in total. The molecule has 0 aliphatic carbocycles. The Hall–Kier alpha value is -1.81. The Morgan fingerprint density at radius 1 is 1.20 bits per heavy atom. The number of halogens is 1. The third kappa shape index (κ3) is 4.10. The van der Waals surface area contributed by atoms with E-state index in [2.05, 4.69) is 52.4 Å². The molecule has 0 bridgehead atoms. The second kappa shape index (κ2) is 6.57. The molecule has 0 radical (unpaired) electrons. The lowest BCUT2D eigenvalue weighted by Gasteiger charge is -2.08. The Balaban J connectivity index is 1.90. The van der Waals surface area contributed by atoms with Crippen molar-refractivity contribution in [2.75, 3.05) is 11.1 Å². The molecule has 0 aromatic heterocycles. The van der Waals surface area contributed by atoms with Gasteiger partial charge in [-0.2, -0.15) is 0 Å². The van der Waals surface area contributed by atoms with Crippen molar-refractivity contribution < 1.29 is 4.79 Å². The summed E-state index contributed by atoms with van der Waals surface area (Å²) >= 11 is 3.38. The number of amides is 1. The Morgan fingerprint density at radius 2 is 1.90 bits per heavy atom. The number of hydrogen-bond donors (Lipinski definition) is 2. The van der Waals surface area contributed by atoms with Crippen LogP contribution in [0.5, 0.6) is 0 Å². The molecule has 0 saturated heterocycles. The molecule has 0 aliphatic heterocycles. The first kappa shape index (κ1) is 14.6. The first-order valence-electron chi connectivity index (χ1n) is 6.45. The maximum absolute atomic E-state index is 11.9. The molecule has 1 amide bonds. The molecule has 2 rings (SSSR count). The van der Waals surface area contributed by atoms with Crippen molar-refractivity contribution in [2.45, 2.75) is 19.8 Å². The lowest BCUT2D eigenvalue weighted by Crippen LogP contribution is -2.12. The number of aryl methyl sites for hydroxylation is 2. The van der Waals surface area contributed by atoms with Crippen LogP contribution < -0.4 is 11.1 Å². The molecule has 0 heterocycles. The van der Waals surface area contributed by atoms with Crippen LogP contribution in [0.25, 0.3) is 0 Å². The van der Waals surface area contributed by atoms with Crippen molar-refractivity contribution in [3.8, 4) is 0 Å². The summed E-state index contributed by atoms with van der Waals surface area (Å²) in [5.41, 5.74) is 9.46. The molecule has 2 aromatic rings. The predicted octanol–water partition coefficient (Wildman–Crippen LogP) is 3.91. The summed E-state index contributed by atoms with van der Waals surface area (Å²) in [6, 6.07) is 13.6. The highest BCUT2D eigenvalue weighted by molar-refractivity contribution is 9.10. The van der Waals surface area contributed by atoms with E-state index < -0.39 is 0 Å². The molecule has 4 heteroatoms. The SMILES string of the molecule is Cc1ccc(CCC(=O)Nc2ccc(N)cc2Br)cc1. The van der Waals surface area contributed by atoms with E-state index in [9.17, 15) is 4.79 Å². The molecular weight excluding hydrogens is 316 g/mol. The maximum atomic E-state index is 11.9.